The third-order valence-electron chi connectivity index (χ3n) is 7.30. The summed E-state index contributed by atoms with van der Waals surface area (Å²) in [5, 5.41) is 10.2. The smallest absolute Gasteiger partial charge is 0.315 e. The van der Waals surface area contributed by atoms with Gasteiger partial charge in [-0.2, -0.15) is 0 Å². The number of esters is 1. The number of aromatic hydroxyl groups is 1. The number of Topliss-reactive ketones (excluding diaryl/α,β-unsaturated/α-hetero) is 1. The number of rotatable bonds is 8. The molecular formula is C32H31NO6. The van der Waals surface area contributed by atoms with Crippen LogP contribution in [-0.2, 0) is 14.3 Å². The molecule has 0 amide bonds. The average molecular weight is 526 g/mol. The summed E-state index contributed by atoms with van der Waals surface area (Å²) >= 11 is 0. The number of ketones is 1. The summed E-state index contributed by atoms with van der Waals surface area (Å²) in [5.41, 5.74) is 3.51. The largest absolute Gasteiger partial charge is 0.508 e. The lowest BCUT2D eigenvalue weighted by atomic mass is 9.69. The first-order valence-corrected chi connectivity index (χ1v) is 13.0. The first-order valence-electron chi connectivity index (χ1n) is 13.0. The van der Waals surface area contributed by atoms with E-state index in [0.717, 1.165) is 11.3 Å². The maximum Gasteiger partial charge on any atom is 0.315 e. The number of allylic oxidation sites excluding steroid dienone is 2. The number of methoxy groups -OCH3 is 1. The zero-order valence-electron chi connectivity index (χ0n) is 22.0. The summed E-state index contributed by atoms with van der Waals surface area (Å²) in [6, 6.07) is 23.8. The normalized spacial score (nSPS) is 20.6. The Morgan fingerprint density at radius 2 is 1.69 bits per heavy atom. The van der Waals surface area contributed by atoms with Crippen LogP contribution in [0.15, 0.2) is 95.1 Å². The molecule has 0 aromatic heterocycles. The number of hydrogen-bond acceptors (Lipinski definition) is 7. The lowest BCUT2D eigenvalue weighted by molar-refractivity contribution is -0.147. The Balaban J connectivity index is 1.41. The van der Waals surface area contributed by atoms with Crippen LogP contribution in [0.1, 0.15) is 42.7 Å². The average Bonchev–Trinajstić information content (AvgIpc) is 2.95. The Kier molecular flexibility index (Phi) is 7.77. The van der Waals surface area contributed by atoms with Crippen LogP contribution in [0.3, 0.4) is 0 Å². The second-order valence-corrected chi connectivity index (χ2v) is 9.79. The molecule has 1 aliphatic carbocycles. The lowest BCUT2D eigenvalue weighted by Gasteiger charge is -2.36. The molecule has 1 aliphatic heterocycles. The van der Waals surface area contributed by atoms with E-state index in [0.29, 0.717) is 41.1 Å². The molecule has 39 heavy (non-hydrogen) atoms. The third kappa shape index (κ3) is 5.72. The van der Waals surface area contributed by atoms with Gasteiger partial charge in [0.2, 0.25) is 0 Å². The Morgan fingerprint density at radius 3 is 2.41 bits per heavy atom. The molecule has 200 valence electrons. The summed E-state index contributed by atoms with van der Waals surface area (Å²) in [5.74, 6) is -0.424. The molecule has 0 radical (unpaired) electrons. The van der Waals surface area contributed by atoms with Crippen molar-refractivity contribution in [1.82, 2.24) is 0 Å². The number of aliphatic imine (C=N–C) groups is 1. The SMILES string of the molecule is COc1ccc([C@H]2CC(=O)C3=C(C2)N=C(C)C(C(=O)OCCOc2ccccc2)[C@@H]3c2cccc(O)c2)cc1. The molecule has 1 unspecified atom stereocenters. The van der Waals surface area contributed by atoms with Crippen molar-refractivity contribution in [2.45, 2.75) is 31.6 Å². The molecule has 3 aromatic rings. The van der Waals surface area contributed by atoms with Crippen LogP contribution in [0.25, 0.3) is 0 Å². The van der Waals surface area contributed by atoms with Gasteiger partial charge < -0.3 is 19.3 Å². The first-order chi connectivity index (χ1) is 18.9. The van der Waals surface area contributed by atoms with Crippen molar-refractivity contribution in [2.75, 3.05) is 20.3 Å². The highest BCUT2D eigenvalue weighted by atomic mass is 16.6. The number of ether oxygens (including phenoxy) is 3. The molecule has 3 atom stereocenters. The molecule has 0 fully saturated rings. The summed E-state index contributed by atoms with van der Waals surface area (Å²) in [6.07, 6.45) is 0.883. The number of phenols is 1. The lowest BCUT2D eigenvalue weighted by Crippen LogP contribution is -2.38. The van der Waals surface area contributed by atoms with E-state index in [2.05, 4.69) is 0 Å². The molecule has 0 saturated carbocycles. The minimum absolute atomic E-state index is 0.0258. The van der Waals surface area contributed by atoms with E-state index in [1.807, 2.05) is 60.7 Å². The summed E-state index contributed by atoms with van der Waals surface area (Å²) in [7, 11) is 1.62. The molecule has 1 N–H and O–H groups in total. The molecule has 0 saturated heterocycles. The molecule has 0 spiro atoms. The standard InChI is InChI=1S/C32H31NO6/c1-20-29(32(36)39-16-15-38-26-9-4-3-5-10-26)30(22-7-6-8-24(34)17-22)31-27(33-20)18-23(19-28(31)35)21-11-13-25(37-2)14-12-21/h3-14,17,23,29-30,34H,15-16,18-19H2,1-2H3/t23-,29?,30+/m1/s1. The number of carbonyl (C=O) groups is 2. The molecular weight excluding hydrogens is 494 g/mol. The van der Waals surface area contributed by atoms with Crippen LogP contribution < -0.4 is 9.47 Å². The monoisotopic (exact) mass is 525 g/mol. The highest BCUT2D eigenvalue weighted by Crippen LogP contribution is 2.47. The number of carbonyl (C=O) groups excluding carboxylic acids is 2. The van der Waals surface area contributed by atoms with Gasteiger partial charge in [0.05, 0.1) is 7.11 Å². The maximum atomic E-state index is 13.7. The highest BCUT2D eigenvalue weighted by Gasteiger charge is 2.44. The number of phenolic OH excluding ortho intramolecular Hbond substituents is 1. The van der Waals surface area contributed by atoms with Crippen molar-refractivity contribution in [1.29, 1.82) is 0 Å². The van der Waals surface area contributed by atoms with Gasteiger partial charge in [-0.1, -0.05) is 42.5 Å². The first kappa shape index (κ1) is 26.2. The molecule has 3 aromatic carbocycles. The predicted octanol–water partition coefficient (Wildman–Crippen LogP) is 5.60. The Labute approximate surface area is 227 Å². The van der Waals surface area contributed by atoms with Gasteiger partial charge in [0, 0.05) is 29.3 Å². The summed E-state index contributed by atoms with van der Waals surface area (Å²) in [4.78, 5) is 32.0. The van der Waals surface area contributed by atoms with Crippen LogP contribution in [0.4, 0.5) is 0 Å². The maximum absolute atomic E-state index is 13.7. The van der Waals surface area contributed by atoms with Gasteiger partial charge >= 0.3 is 5.97 Å². The van der Waals surface area contributed by atoms with Gasteiger partial charge in [-0.15, -0.1) is 0 Å². The van der Waals surface area contributed by atoms with Crippen LogP contribution in [0.2, 0.25) is 0 Å². The zero-order valence-corrected chi connectivity index (χ0v) is 22.0. The van der Waals surface area contributed by atoms with Crippen LogP contribution in [0, 0.1) is 5.92 Å². The minimum Gasteiger partial charge on any atom is -0.508 e. The van der Waals surface area contributed by atoms with Gasteiger partial charge in [0.15, 0.2) is 5.78 Å². The predicted molar refractivity (Wildman–Crippen MR) is 147 cm³/mol. The van der Waals surface area contributed by atoms with Gasteiger partial charge in [0.25, 0.3) is 0 Å². The van der Waals surface area contributed by atoms with E-state index in [4.69, 9.17) is 19.2 Å². The fourth-order valence-corrected chi connectivity index (χ4v) is 5.46. The fourth-order valence-electron chi connectivity index (χ4n) is 5.46. The van der Waals surface area contributed by atoms with Crippen molar-refractivity contribution in [2.24, 2.45) is 10.9 Å². The Bertz CT molecular complexity index is 1410. The minimum atomic E-state index is -0.788. The highest BCUT2D eigenvalue weighted by molar-refractivity contribution is 6.09. The number of hydrogen-bond donors (Lipinski definition) is 1. The van der Waals surface area contributed by atoms with Gasteiger partial charge in [-0.05, 0) is 66.8 Å². The van der Waals surface area contributed by atoms with E-state index >= 15 is 0 Å². The van der Waals surface area contributed by atoms with Crippen LogP contribution in [-0.4, -0.2) is 42.9 Å². The van der Waals surface area contributed by atoms with Crippen molar-refractivity contribution in [3.05, 3.63) is 101 Å². The van der Waals surface area contributed by atoms with Gasteiger partial charge in [0.1, 0.15) is 36.4 Å². The summed E-state index contributed by atoms with van der Waals surface area (Å²) < 4.78 is 16.6. The van der Waals surface area contributed by atoms with E-state index in [-0.39, 0.29) is 30.7 Å². The van der Waals surface area contributed by atoms with E-state index in [1.165, 1.54) is 0 Å². The molecule has 1 heterocycles. The molecule has 5 rings (SSSR count). The topological polar surface area (TPSA) is 94.4 Å². The fraction of sp³-hybridized carbons (Fsp3) is 0.281. The second-order valence-electron chi connectivity index (χ2n) is 9.79. The Hall–Kier alpha value is -4.39. The van der Waals surface area contributed by atoms with E-state index in [9.17, 15) is 14.7 Å². The quantitative estimate of drug-likeness (QED) is 0.304. The van der Waals surface area contributed by atoms with E-state index in [1.54, 1.807) is 32.2 Å². The molecule has 2 aliphatic rings. The summed E-state index contributed by atoms with van der Waals surface area (Å²) in [6.45, 7) is 2.06. The third-order valence-corrected chi connectivity index (χ3v) is 7.30. The number of nitrogens with zero attached hydrogens (tertiary/aromatic N) is 1. The van der Waals surface area contributed by atoms with Crippen molar-refractivity contribution < 1.29 is 28.9 Å². The number of para-hydroxylation sites is 1. The Morgan fingerprint density at radius 1 is 0.923 bits per heavy atom. The molecule has 7 heteroatoms. The van der Waals surface area contributed by atoms with E-state index < -0.39 is 17.8 Å². The second kappa shape index (κ2) is 11.6. The molecule has 7 nitrogen and oxygen atoms in total. The number of benzene rings is 3. The van der Waals surface area contributed by atoms with Gasteiger partial charge in [-0.25, -0.2) is 0 Å². The van der Waals surface area contributed by atoms with Crippen molar-refractivity contribution in [3.8, 4) is 17.2 Å². The van der Waals surface area contributed by atoms with Crippen molar-refractivity contribution >= 4 is 17.5 Å². The van der Waals surface area contributed by atoms with Crippen LogP contribution >= 0.6 is 0 Å². The molecule has 0 bridgehead atoms. The zero-order chi connectivity index (χ0) is 27.4. The van der Waals surface area contributed by atoms with Crippen LogP contribution in [0.5, 0.6) is 17.2 Å². The van der Waals surface area contributed by atoms with Crippen molar-refractivity contribution in [3.63, 3.8) is 0 Å². The van der Waals surface area contributed by atoms with Gasteiger partial charge in [-0.3, -0.25) is 14.6 Å².